The van der Waals surface area contributed by atoms with E-state index in [-0.39, 0.29) is 42.0 Å². The van der Waals surface area contributed by atoms with Gasteiger partial charge in [-0.1, -0.05) is 69.2 Å². The number of carbonyl (C=O) groups is 2. The van der Waals surface area contributed by atoms with Crippen LogP contribution >= 0.6 is 0 Å². The summed E-state index contributed by atoms with van der Waals surface area (Å²) in [5, 5.41) is 16.0. The number of amides is 1. The van der Waals surface area contributed by atoms with Gasteiger partial charge in [0.05, 0.1) is 10.6 Å². The van der Waals surface area contributed by atoms with Crippen molar-refractivity contribution in [1.29, 1.82) is 0 Å². The lowest BCUT2D eigenvalue weighted by Gasteiger charge is -2.37. The van der Waals surface area contributed by atoms with Gasteiger partial charge < -0.3 is 14.9 Å². The molecule has 0 unspecified atom stereocenters. The molecular formula is C29H35N3O6S. The fourth-order valence-electron chi connectivity index (χ4n) is 4.81. The summed E-state index contributed by atoms with van der Waals surface area (Å²) in [5.74, 6) is -1.65. The summed E-state index contributed by atoms with van der Waals surface area (Å²) in [5.41, 5.74) is 3.51. The summed E-state index contributed by atoms with van der Waals surface area (Å²) in [6.45, 7) is 8.61. The van der Waals surface area contributed by atoms with Gasteiger partial charge in [-0.05, 0) is 53.5 Å². The number of nitrogens with one attached hydrogen (secondary N) is 1. The minimum Gasteiger partial charge on any atom is -0.475 e. The molecule has 1 amide bonds. The number of carboxylic acid groups (broad SMARTS) is 1. The average Bonchev–Trinajstić information content (AvgIpc) is 3.42. The van der Waals surface area contributed by atoms with Crippen molar-refractivity contribution < 1.29 is 27.6 Å². The van der Waals surface area contributed by atoms with E-state index in [1.54, 1.807) is 24.3 Å². The Bertz CT molecular complexity index is 1410. The second-order valence-electron chi connectivity index (χ2n) is 10.6. The summed E-state index contributed by atoms with van der Waals surface area (Å²) >= 11 is 0. The van der Waals surface area contributed by atoms with Crippen LogP contribution in [0, 0.1) is 0 Å². The van der Waals surface area contributed by atoms with Gasteiger partial charge in [-0.15, -0.1) is 0 Å². The summed E-state index contributed by atoms with van der Waals surface area (Å²) in [6.07, 6.45) is 0.516. The lowest BCUT2D eigenvalue weighted by atomic mass is 9.89. The molecule has 0 saturated carbocycles. The van der Waals surface area contributed by atoms with E-state index < -0.39 is 27.9 Å². The summed E-state index contributed by atoms with van der Waals surface area (Å²) < 4.78 is 33.6. The first-order valence-electron chi connectivity index (χ1n) is 13.2. The molecule has 208 valence electrons. The van der Waals surface area contributed by atoms with Crippen LogP contribution < -0.4 is 5.32 Å². The number of carboxylic acids is 1. The Balaban J connectivity index is 1.58. The molecule has 9 nitrogen and oxygen atoms in total. The highest BCUT2D eigenvalue weighted by Crippen LogP contribution is 2.35. The zero-order valence-corrected chi connectivity index (χ0v) is 23.4. The molecule has 2 atom stereocenters. The first-order chi connectivity index (χ1) is 18.5. The van der Waals surface area contributed by atoms with Gasteiger partial charge >= 0.3 is 5.97 Å². The van der Waals surface area contributed by atoms with Crippen molar-refractivity contribution in [1.82, 2.24) is 14.8 Å². The molecule has 1 aliphatic rings. The van der Waals surface area contributed by atoms with E-state index in [1.807, 2.05) is 38.1 Å². The van der Waals surface area contributed by atoms with Crippen molar-refractivity contribution in [3.05, 3.63) is 82.7 Å². The molecule has 0 radical (unpaired) electrons. The molecule has 1 fully saturated rings. The van der Waals surface area contributed by atoms with Crippen LogP contribution in [0.3, 0.4) is 0 Å². The zero-order chi connectivity index (χ0) is 28.3. The number of piperidine rings is 1. The predicted molar refractivity (Wildman–Crippen MR) is 146 cm³/mol. The standard InChI is InChI=1S/C29H35N3O6S/c1-18(2)21-7-5-20(6-8-21)17-30-28(33)26-15-23(25-16-27(29(34)35)38-31-25)13-14-32(26)39(36,37)24-11-9-22(10-12-24)19(3)4/h5-12,16,18-19,23,26H,13-15,17H2,1-4H3,(H,30,33)(H,34,35)/t23-,26-/m1/s1. The van der Waals surface area contributed by atoms with Crippen LogP contribution in [0.5, 0.6) is 0 Å². The minimum absolute atomic E-state index is 0.0787. The Kier molecular flexibility index (Phi) is 8.56. The van der Waals surface area contributed by atoms with Crippen molar-refractivity contribution >= 4 is 21.9 Å². The van der Waals surface area contributed by atoms with E-state index in [0.717, 1.165) is 11.1 Å². The van der Waals surface area contributed by atoms with E-state index in [1.165, 1.54) is 15.9 Å². The second kappa shape index (κ2) is 11.7. The van der Waals surface area contributed by atoms with Gasteiger partial charge in [-0.3, -0.25) is 4.79 Å². The smallest absolute Gasteiger partial charge is 0.374 e. The lowest BCUT2D eigenvalue weighted by molar-refractivity contribution is -0.126. The van der Waals surface area contributed by atoms with Crippen LogP contribution in [0.25, 0.3) is 0 Å². The van der Waals surface area contributed by atoms with Gasteiger partial charge in [0.15, 0.2) is 0 Å². The van der Waals surface area contributed by atoms with Gasteiger partial charge in [-0.25, -0.2) is 13.2 Å². The van der Waals surface area contributed by atoms with Crippen LogP contribution in [0.1, 0.15) is 91.2 Å². The molecule has 0 spiro atoms. The largest absolute Gasteiger partial charge is 0.475 e. The van der Waals surface area contributed by atoms with E-state index >= 15 is 0 Å². The Labute approximate surface area is 229 Å². The van der Waals surface area contributed by atoms with E-state index in [2.05, 4.69) is 24.3 Å². The first kappa shape index (κ1) is 28.5. The van der Waals surface area contributed by atoms with E-state index in [0.29, 0.717) is 18.0 Å². The fourth-order valence-corrected chi connectivity index (χ4v) is 6.42. The van der Waals surface area contributed by atoms with E-state index in [4.69, 9.17) is 4.52 Å². The van der Waals surface area contributed by atoms with Crippen molar-refractivity contribution in [2.45, 2.75) is 75.8 Å². The van der Waals surface area contributed by atoms with Gasteiger partial charge in [0.25, 0.3) is 0 Å². The number of aromatic nitrogens is 1. The third-order valence-corrected chi connectivity index (χ3v) is 9.20. The van der Waals surface area contributed by atoms with Gasteiger partial charge in [0.1, 0.15) is 6.04 Å². The number of carbonyl (C=O) groups excluding carboxylic acids is 1. The molecule has 3 aromatic rings. The molecule has 39 heavy (non-hydrogen) atoms. The molecule has 10 heteroatoms. The average molecular weight is 554 g/mol. The monoisotopic (exact) mass is 553 g/mol. The van der Waals surface area contributed by atoms with E-state index in [9.17, 15) is 23.1 Å². The third-order valence-electron chi connectivity index (χ3n) is 7.28. The molecule has 1 aliphatic heterocycles. The fraction of sp³-hybridized carbons (Fsp3) is 0.414. The highest BCUT2D eigenvalue weighted by atomic mass is 32.2. The summed E-state index contributed by atoms with van der Waals surface area (Å²) in [4.78, 5) is 24.9. The van der Waals surface area contributed by atoms with Gasteiger partial charge in [-0.2, -0.15) is 4.31 Å². The maximum atomic E-state index is 13.7. The van der Waals surface area contributed by atoms with Crippen molar-refractivity contribution in [2.75, 3.05) is 6.54 Å². The number of nitrogens with zero attached hydrogens (tertiary/aromatic N) is 2. The highest BCUT2D eigenvalue weighted by Gasteiger charge is 2.42. The molecule has 1 aromatic heterocycles. The quantitative estimate of drug-likeness (QED) is 0.387. The first-order valence-corrected chi connectivity index (χ1v) is 14.6. The van der Waals surface area contributed by atoms with Crippen LogP contribution in [-0.4, -0.2) is 47.4 Å². The van der Waals surface area contributed by atoms with Crippen LogP contribution in [0.15, 0.2) is 64.0 Å². The number of rotatable bonds is 9. The Hall–Kier alpha value is -3.50. The van der Waals surface area contributed by atoms with Crippen molar-refractivity contribution in [3.63, 3.8) is 0 Å². The zero-order valence-electron chi connectivity index (χ0n) is 22.6. The Morgan fingerprint density at radius 1 is 1.03 bits per heavy atom. The number of benzene rings is 2. The molecule has 2 N–H and O–H groups in total. The summed E-state index contributed by atoms with van der Waals surface area (Å²) in [6, 6.07) is 15.0. The number of hydrogen-bond donors (Lipinski definition) is 2. The third kappa shape index (κ3) is 6.39. The molecule has 0 bridgehead atoms. The lowest BCUT2D eigenvalue weighted by Crippen LogP contribution is -2.53. The normalized spacial score (nSPS) is 18.4. The van der Waals surface area contributed by atoms with Crippen molar-refractivity contribution in [2.24, 2.45) is 0 Å². The Morgan fingerprint density at radius 3 is 2.15 bits per heavy atom. The second-order valence-corrected chi connectivity index (χ2v) is 12.5. The molecule has 2 heterocycles. The number of sulfonamides is 1. The van der Waals surface area contributed by atoms with Crippen LogP contribution in [-0.2, 0) is 21.4 Å². The van der Waals surface area contributed by atoms with Crippen LogP contribution in [0.2, 0.25) is 0 Å². The molecule has 0 aliphatic carbocycles. The molecule has 1 saturated heterocycles. The maximum absolute atomic E-state index is 13.7. The maximum Gasteiger partial charge on any atom is 0.374 e. The molecule has 4 rings (SSSR count). The predicted octanol–water partition coefficient (Wildman–Crippen LogP) is 4.87. The Morgan fingerprint density at radius 2 is 1.62 bits per heavy atom. The number of aromatic carboxylic acids is 1. The van der Waals surface area contributed by atoms with Gasteiger partial charge in [0, 0.05) is 25.1 Å². The number of hydrogen-bond acceptors (Lipinski definition) is 6. The van der Waals surface area contributed by atoms with Crippen LogP contribution in [0.4, 0.5) is 0 Å². The highest BCUT2D eigenvalue weighted by molar-refractivity contribution is 7.89. The SMILES string of the molecule is CC(C)c1ccc(CNC(=O)[C@H]2C[C@H](c3cc(C(=O)O)on3)CCN2S(=O)(=O)c2ccc(C(C)C)cc2)cc1. The van der Waals surface area contributed by atoms with Gasteiger partial charge in [0.2, 0.25) is 21.7 Å². The molecular weight excluding hydrogens is 518 g/mol. The summed E-state index contributed by atoms with van der Waals surface area (Å²) in [7, 11) is -3.98. The molecule has 2 aromatic carbocycles. The minimum atomic E-state index is -3.98. The van der Waals surface area contributed by atoms with Crippen molar-refractivity contribution in [3.8, 4) is 0 Å². The topological polar surface area (TPSA) is 130 Å².